The topological polar surface area (TPSA) is 38.3 Å². The molecule has 80 valence electrons. The Kier molecular flexibility index (Phi) is 2.26. The van der Waals surface area contributed by atoms with Crippen LogP contribution < -0.4 is 5.32 Å². The minimum atomic E-state index is -1.56. The number of amides is 1. The van der Waals surface area contributed by atoms with E-state index in [2.05, 4.69) is 10.1 Å². The highest BCUT2D eigenvalue weighted by Gasteiger charge is 2.28. The number of rotatable bonds is 1. The van der Waals surface area contributed by atoms with Crippen molar-refractivity contribution in [2.75, 3.05) is 6.54 Å². The van der Waals surface area contributed by atoms with Gasteiger partial charge in [0.1, 0.15) is 6.10 Å². The third-order valence-corrected chi connectivity index (χ3v) is 2.09. The summed E-state index contributed by atoms with van der Waals surface area (Å²) in [6.07, 6.45) is -1.61. The number of benzene rings is 1. The van der Waals surface area contributed by atoms with Crippen molar-refractivity contribution in [2.45, 2.75) is 6.10 Å². The first-order valence-electron chi connectivity index (χ1n) is 4.17. The summed E-state index contributed by atoms with van der Waals surface area (Å²) in [6, 6.07) is 1.85. The number of hydrogen-bond acceptors (Lipinski definition) is 2. The maximum atomic E-state index is 13.2. The number of cyclic esters (lactones) is 1. The van der Waals surface area contributed by atoms with Crippen LogP contribution in [0.3, 0.4) is 0 Å². The molecule has 2 rings (SSSR count). The van der Waals surface area contributed by atoms with Crippen molar-refractivity contribution in [2.24, 2.45) is 0 Å². The highest BCUT2D eigenvalue weighted by molar-refractivity contribution is 5.69. The van der Waals surface area contributed by atoms with Crippen LogP contribution in [0.2, 0.25) is 0 Å². The Morgan fingerprint density at radius 3 is 2.60 bits per heavy atom. The van der Waals surface area contributed by atoms with E-state index in [1.165, 1.54) is 0 Å². The second-order valence-electron chi connectivity index (χ2n) is 3.04. The molecule has 0 bridgehead atoms. The fourth-order valence-electron chi connectivity index (χ4n) is 1.35. The minimum absolute atomic E-state index is 0.0425. The number of carbonyl (C=O) groups excluding carboxylic acids is 1. The molecule has 3 nitrogen and oxygen atoms in total. The van der Waals surface area contributed by atoms with E-state index in [4.69, 9.17) is 0 Å². The molecule has 0 saturated carbocycles. The van der Waals surface area contributed by atoms with E-state index in [1.54, 1.807) is 0 Å². The summed E-state index contributed by atoms with van der Waals surface area (Å²) < 4.78 is 43.3. The van der Waals surface area contributed by atoms with E-state index in [1.807, 2.05) is 0 Å². The Labute approximate surface area is 82.8 Å². The molecule has 0 radical (unpaired) electrons. The first-order chi connectivity index (χ1) is 7.09. The van der Waals surface area contributed by atoms with Gasteiger partial charge in [-0.1, -0.05) is 0 Å². The molecule has 1 aromatic rings. The SMILES string of the molecule is O=C1NCC(c2ccc(F)c(F)c2F)O1. The second-order valence-corrected chi connectivity index (χ2v) is 3.04. The zero-order valence-corrected chi connectivity index (χ0v) is 7.39. The molecule has 0 aromatic heterocycles. The summed E-state index contributed by atoms with van der Waals surface area (Å²) >= 11 is 0. The lowest BCUT2D eigenvalue weighted by atomic mass is 10.1. The van der Waals surface area contributed by atoms with Gasteiger partial charge in [-0.15, -0.1) is 0 Å². The quantitative estimate of drug-likeness (QED) is 0.729. The Balaban J connectivity index is 2.37. The van der Waals surface area contributed by atoms with Crippen molar-refractivity contribution in [1.82, 2.24) is 5.32 Å². The van der Waals surface area contributed by atoms with Crippen LogP contribution in [0.5, 0.6) is 0 Å². The van der Waals surface area contributed by atoms with E-state index in [0.29, 0.717) is 0 Å². The third kappa shape index (κ3) is 1.62. The lowest BCUT2D eigenvalue weighted by Crippen LogP contribution is -2.13. The summed E-state index contributed by atoms with van der Waals surface area (Å²) in [7, 11) is 0. The maximum absolute atomic E-state index is 13.2. The molecule has 1 aromatic carbocycles. The first kappa shape index (κ1) is 9.82. The smallest absolute Gasteiger partial charge is 0.407 e. The zero-order valence-electron chi connectivity index (χ0n) is 7.39. The molecule has 6 heteroatoms. The molecule has 0 spiro atoms. The maximum Gasteiger partial charge on any atom is 0.407 e. The van der Waals surface area contributed by atoms with Crippen molar-refractivity contribution in [1.29, 1.82) is 0 Å². The minimum Gasteiger partial charge on any atom is -0.439 e. The lowest BCUT2D eigenvalue weighted by Gasteiger charge is -2.09. The summed E-state index contributed by atoms with van der Waals surface area (Å²) in [5, 5.41) is 2.29. The molecule has 1 fully saturated rings. The van der Waals surface area contributed by atoms with Gasteiger partial charge < -0.3 is 10.1 Å². The van der Waals surface area contributed by atoms with Gasteiger partial charge in [-0.25, -0.2) is 18.0 Å². The van der Waals surface area contributed by atoms with E-state index in [-0.39, 0.29) is 12.1 Å². The Bertz CT molecular complexity index is 422. The summed E-state index contributed by atoms with van der Waals surface area (Å²) in [5.74, 6) is -4.15. The van der Waals surface area contributed by atoms with Gasteiger partial charge in [-0.3, -0.25) is 0 Å². The molecule has 1 atom stereocenters. The van der Waals surface area contributed by atoms with Gasteiger partial charge >= 0.3 is 6.09 Å². The van der Waals surface area contributed by atoms with E-state index in [9.17, 15) is 18.0 Å². The Hall–Kier alpha value is -1.72. The van der Waals surface area contributed by atoms with Crippen LogP contribution >= 0.6 is 0 Å². The van der Waals surface area contributed by atoms with Gasteiger partial charge in [0, 0.05) is 5.56 Å². The summed E-state index contributed by atoms with van der Waals surface area (Å²) in [5.41, 5.74) is -0.174. The zero-order chi connectivity index (χ0) is 11.0. The number of hydrogen-bond donors (Lipinski definition) is 1. The van der Waals surface area contributed by atoms with Gasteiger partial charge in [-0.05, 0) is 12.1 Å². The van der Waals surface area contributed by atoms with Gasteiger partial charge in [0.25, 0.3) is 0 Å². The molecule has 15 heavy (non-hydrogen) atoms. The molecule has 1 saturated heterocycles. The Morgan fingerprint density at radius 2 is 2.00 bits per heavy atom. The normalized spacial score (nSPS) is 19.9. The lowest BCUT2D eigenvalue weighted by molar-refractivity contribution is 0.138. The van der Waals surface area contributed by atoms with Crippen LogP contribution in [-0.4, -0.2) is 12.6 Å². The van der Waals surface area contributed by atoms with Crippen molar-refractivity contribution in [3.05, 3.63) is 35.1 Å². The van der Waals surface area contributed by atoms with Crippen LogP contribution in [0.25, 0.3) is 0 Å². The van der Waals surface area contributed by atoms with Gasteiger partial charge in [0.2, 0.25) is 0 Å². The molecular weight excluding hydrogens is 211 g/mol. The number of carbonyl (C=O) groups is 1. The van der Waals surface area contributed by atoms with Gasteiger partial charge in [0.15, 0.2) is 17.5 Å². The fraction of sp³-hybridized carbons (Fsp3) is 0.222. The molecule has 1 N–H and O–H groups in total. The molecule has 1 aliphatic rings. The van der Waals surface area contributed by atoms with Crippen LogP contribution in [-0.2, 0) is 4.74 Å². The third-order valence-electron chi connectivity index (χ3n) is 2.09. The monoisotopic (exact) mass is 217 g/mol. The van der Waals surface area contributed by atoms with Crippen LogP contribution in [0.15, 0.2) is 12.1 Å². The van der Waals surface area contributed by atoms with E-state index in [0.717, 1.165) is 12.1 Å². The van der Waals surface area contributed by atoms with Crippen molar-refractivity contribution < 1.29 is 22.7 Å². The van der Waals surface area contributed by atoms with Gasteiger partial charge in [-0.2, -0.15) is 0 Å². The second kappa shape index (κ2) is 3.45. The van der Waals surface area contributed by atoms with Crippen LogP contribution in [0, 0.1) is 17.5 Å². The molecule has 1 aliphatic heterocycles. The van der Waals surface area contributed by atoms with E-state index >= 15 is 0 Å². The van der Waals surface area contributed by atoms with Crippen LogP contribution in [0.4, 0.5) is 18.0 Å². The number of ether oxygens (including phenoxy) is 1. The standard InChI is InChI=1S/C9H6F3NO2/c10-5-2-1-4(7(11)8(5)12)6-3-13-9(14)15-6/h1-2,6H,3H2,(H,13,14). The van der Waals surface area contributed by atoms with E-state index < -0.39 is 29.6 Å². The predicted octanol–water partition coefficient (Wildman–Crippen LogP) is 1.88. The number of alkyl carbamates (subject to hydrolysis) is 1. The Morgan fingerprint density at radius 1 is 1.27 bits per heavy atom. The van der Waals surface area contributed by atoms with Crippen molar-refractivity contribution in [3.8, 4) is 0 Å². The summed E-state index contributed by atoms with van der Waals surface area (Å²) in [6.45, 7) is 0.0425. The molecule has 1 heterocycles. The molecule has 0 aliphatic carbocycles. The fourth-order valence-corrected chi connectivity index (χ4v) is 1.35. The molecule has 1 unspecified atom stereocenters. The number of halogens is 3. The molecular formula is C9H6F3NO2. The summed E-state index contributed by atoms with van der Waals surface area (Å²) in [4.78, 5) is 10.7. The number of nitrogens with one attached hydrogen (secondary N) is 1. The van der Waals surface area contributed by atoms with Crippen LogP contribution in [0.1, 0.15) is 11.7 Å². The largest absolute Gasteiger partial charge is 0.439 e. The molecule has 1 amide bonds. The first-order valence-corrected chi connectivity index (χ1v) is 4.17. The van der Waals surface area contributed by atoms with Gasteiger partial charge in [0.05, 0.1) is 6.54 Å². The van der Waals surface area contributed by atoms with Crippen molar-refractivity contribution >= 4 is 6.09 Å². The predicted molar refractivity (Wildman–Crippen MR) is 43.5 cm³/mol. The average Bonchev–Trinajstić information content (AvgIpc) is 2.61. The van der Waals surface area contributed by atoms with Crippen molar-refractivity contribution in [3.63, 3.8) is 0 Å². The highest BCUT2D eigenvalue weighted by atomic mass is 19.2. The average molecular weight is 217 g/mol. The highest BCUT2D eigenvalue weighted by Crippen LogP contribution is 2.25.